The normalized spacial score (nSPS) is 21.2. The van der Waals surface area contributed by atoms with Crippen molar-refractivity contribution in [3.8, 4) is 0 Å². The molecule has 0 saturated heterocycles. The summed E-state index contributed by atoms with van der Waals surface area (Å²) in [4.78, 5) is 23.3. The second-order valence-electron chi connectivity index (χ2n) is 19.8. The van der Waals surface area contributed by atoms with E-state index in [0.717, 1.165) is 57.8 Å². The van der Waals surface area contributed by atoms with E-state index in [0.29, 0.717) is 13.0 Å². The van der Waals surface area contributed by atoms with Gasteiger partial charge in [0.1, 0.15) is 42.7 Å². The summed E-state index contributed by atoms with van der Waals surface area (Å²) in [5.41, 5.74) is 0. The minimum Gasteiger partial charge on any atom is -0.457 e. The fraction of sp³-hybridized carbons (Fsp3) is 0.842. The summed E-state index contributed by atoms with van der Waals surface area (Å²) in [5.74, 6) is -0.480. The van der Waals surface area contributed by atoms with Gasteiger partial charge in [0.15, 0.2) is 0 Å². The molecule has 1 rings (SSSR count). The minimum atomic E-state index is -5.03. The Labute approximate surface area is 426 Å². The molecule has 6 unspecified atom stereocenters. The first-order valence-corrected chi connectivity index (χ1v) is 30.0. The highest BCUT2D eigenvalue weighted by atomic mass is 31.2. The topological polar surface area (TPSA) is 192 Å². The first-order chi connectivity index (χ1) is 34.0. The SMILES string of the molecule is CCCCC/C=C\C/C=C\CCCCCCCCCCCC(=O)OC(COCCCCCCCCCCCCCC/C=C\C/C=C\CCCCCCC)COP(=O)(O)OC1C(O)C(O)C(O)C(O)C1O. The number of rotatable bonds is 49. The molecule has 410 valence electrons. The van der Waals surface area contributed by atoms with Crippen LogP contribution in [-0.2, 0) is 27.9 Å². The molecule has 0 aromatic rings. The van der Waals surface area contributed by atoms with Crippen LogP contribution in [0.4, 0.5) is 0 Å². The van der Waals surface area contributed by atoms with Crippen LogP contribution in [0.3, 0.4) is 0 Å². The zero-order chi connectivity index (χ0) is 51.2. The van der Waals surface area contributed by atoms with Crippen molar-refractivity contribution in [1.82, 2.24) is 0 Å². The molecular weight excluding hydrogens is 908 g/mol. The summed E-state index contributed by atoms with van der Waals surface area (Å²) in [6.07, 6.45) is 47.4. The second kappa shape index (κ2) is 47.0. The molecular formula is C57H105O12P. The van der Waals surface area contributed by atoms with Crippen molar-refractivity contribution >= 4 is 13.8 Å². The van der Waals surface area contributed by atoms with E-state index in [1.165, 1.54) is 161 Å². The van der Waals surface area contributed by atoms with Gasteiger partial charge in [0.05, 0.1) is 13.2 Å². The average Bonchev–Trinajstić information content (AvgIpc) is 3.35. The van der Waals surface area contributed by atoms with Crippen LogP contribution in [0.25, 0.3) is 0 Å². The number of unbranched alkanes of at least 4 members (excludes halogenated alkanes) is 29. The van der Waals surface area contributed by atoms with Crippen LogP contribution in [-0.4, -0.2) is 98.9 Å². The third-order valence-electron chi connectivity index (χ3n) is 13.2. The van der Waals surface area contributed by atoms with E-state index in [9.17, 15) is 39.8 Å². The summed E-state index contributed by atoms with van der Waals surface area (Å²) in [5, 5.41) is 50.4. The molecule has 1 aliphatic carbocycles. The second-order valence-corrected chi connectivity index (χ2v) is 21.2. The number of allylic oxidation sites excluding steroid dienone is 8. The largest absolute Gasteiger partial charge is 0.472 e. The van der Waals surface area contributed by atoms with E-state index in [-0.39, 0.29) is 13.0 Å². The summed E-state index contributed by atoms with van der Waals surface area (Å²) in [7, 11) is -5.03. The Kier molecular flexibility index (Phi) is 44.6. The van der Waals surface area contributed by atoms with Crippen LogP contribution in [0.1, 0.15) is 245 Å². The smallest absolute Gasteiger partial charge is 0.457 e. The van der Waals surface area contributed by atoms with Crippen molar-refractivity contribution in [2.45, 2.75) is 288 Å². The Morgan fingerprint density at radius 2 is 0.800 bits per heavy atom. The van der Waals surface area contributed by atoms with E-state index in [2.05, 4.69) is 62.5 Å². The summed E-state index contributed by atoms with van der Waals surface area (Å²) < 4.78 is 34.4. The highest BCUT2D eigenvalue weighted by Gasteiger charge is 2.51. The molecule has 13 heteroatoms. The molecule has 70 heavy (non-hydrogen) atoms. The number of ether oxygens (including phenoxy) is 2. The van der Waals surface area contributed by atoms with Crippen molar-refractivity contribution < 1.29 is 58.3 Å². The zero-order valence-corrected chi connectivity index (χ0v) is 45.2. The molecule has 12 nitrogen and oxygen atoms in total. The van der Waals surface area contributed by atoms with Gasteiger partial charge in [-0.15, -0.1) is 0 Å². The minimum absolute atomic E-state index is 0.0789. The predicted molar refractivity (Wildman–Crippen MR) is 286 cm³/mol. The van der Waals surface area contributed by atoms with Gasteiger partial charge in [0, 0.05) is 13.0 Å². The van der Waals surface area contributed by atoms with Gasteiger partial charge < -0.3 is 39.9 Å². The van der Waals surface area contributed by atoms with Gasteiger partial charge in [-0.1, -0.05) is 210 Å². The van der Waals surface area contributed by atoms with Gasteiger partial charge in [0.2, 0.25) is 0 Å². The van der Waals surface area contributed by atoms with E-state index in [1.807, 2.05) is 0 Å². The lowest BCUT2D eigenvalue weighted by atomic mass is 9.85. The first-order valence-electron chi connectivity index (χ1n) is 28.5. The molecule has 0 bridgehead atoms. The van der Waals surface area contributed by atoms with Crippen LogP contribution in [0.5, 0.6) is 0 Å². The van der Waals surface area contributed by atoms with E-state index in [1.54, 1.807) is 0 Å². The number of esters is 1. The Morgan fingerprint density at radius 1 is 0.457 bits per heavy atom. The molecule has 1 fully saturated rings. The summed E-state index contributed by atoms with van der Waals surface area (Å²) >= 11 is 0. The number of aliphatic hydroxyl groups excluding tert-OH is 5. The van der Waals surface area contributed by atoms with Gasteiger partial charge in [-0.3, -0.25) is 13.8 Å². The number of phosphoric acid groups is 1. The van der Waals surface area contributed by atoms with Crippen molar-refractivity contribution in [2.75, 3.05) is 19.8 Å². The van der Waals surface area contributed by atoms with Crippen molar-refractivity contribution in [2.24, 2.45) is 0 Å². The highest BCUT2D eigenvalue weighted by molar-refractivity contribution is 7.47. The number of hydrogen-bond donors (Lipinski definition) is 6. The highest BCUT2D eigenvalue weighted by Crippen LogP contribution is 2.47. The van der Waals surface area contributed by atoms with Gasteiger partial charge in [-0.2, -0.15) is 0 Å². The van der Waals surface area contributed by atoms with Gasteiger partial charge >= 0.3 is 13.8 Å². The lowest BCUT2D eigenvalue weighted by molar-refractivity contribution is -0.220. The van der Waals surface area contributed by atoms with Crippen LogP contribution in [0.2, 0.25) is 0 Å². The third kappa shape index (κ3) is 38.0. The van der Waals surface area contributed by atoms with Crippen LogP contribution >= 0.6 is 7.82 Å². The van der Waals surface area contributed by atoms with Crippen LogP contribution in [0, 0.1) is 0 Å². The Hall–Kier alpha value is -1.70. The van der Waals surface area contributed by atoms with Crippen molar-refractivity contribution in [3.63, 3.8) is 0 Å². The maximum absolute atomic E-state index is 12.9. The quantitative estimate of drug-likeness (QED) is 0.0146. The van der Waals surface area contributed by atoms with Crippen molar-refractivity contribution in [1.29, 1.82) is 0 Å². The molecule has 0 aromatic carbocycles. The Morgan fingerprint density at radius 3 is 1.23 bits per heavy atom. The summed E-state index contributed by atoms with van der Waals surface area (Å²) in [6.45, 7) is 4.25. The Balaban J connectivity index is 2.29. The standard InChI is InChI=1S/C57H105O12P/c1-3-5-7-9-11-13-15-17-19-21-23-24-25-26-27-29-31-33-35-37-39-41-43-45-47-66-48-50(49-67-70(64,65)69-57-55(62)53(60)52(59)54(61)56(57)63)68-51(58)46-44-42-40-38-36-34-32-30-28-22-20-18-16-14-12-10-8-6-4-2/h12,14-15,17-18,20-21,23,50,52-57,59-63H,3-11,13,16,19,22,24-49H2,1-2H3,(H,64,65)/b14-12-,17-15-,20-18-,23-21-. The van der Waals surface area contributed by atoms with Gasteiger partial charge in [-0.05, 0) is 77.0 Å². The molecule has 1 saturated carbocycles. The molecule has 6 N–H and O–H groups in total. The lowest BCUT2D eigenvalue weighted by Gasteiger charge is -2.41. The number of phosphoric ester groups is 1. The molecule has 0 radical (unpaired) electrons. The van der Waals surface area contributed by atoms with Crippen LogP contribution < -0.4 is 0 Å². The first kappa shape index (κ1) is 66.3. The zero-order valence-electron chi connectivity index (χ0n) is 44.3. The molecule has 0 aromatic heterocycles. The third-order valence-corrected chi connectivity index (χ3v) is 14.2. The summed E-state index contributed by atoms with van der Waals surface area (Å²) in [6, 6.07) is 0. The molecule has 0 spiro atoms. The molecule has 0 heterocycles. The molecule has 0 aliphatic heterocycles. The average molecular weight is 1010 g/mol. The predicted octanol–water partition coefficient (Wildman–Crippen LogP) is 13.5. The number of hydrogen-bond acceptors (Lipinski definition) is 11. The fourth-order valence-corrected chi connectivity index (χ4v) is 9.63. The van der Waals surface area contributed by atoms with E-state index < -0.39 is 63.1 Å². The fourth-order valence-electron chi connectivity index (χ4n) is 8.65. The molecule has 6 atom stereocenters. The molecule has 1 aliphatic rings. The van der Waals surface area contributed by atoms with E-state index in [4.69, 9.17) is 18.5 Å². The molecule has 0 amide bonds. The van der Waals surface area contributed by atoms with Crippen LogP contribution in [0.15, 0.2) is 48.6 Å². The maximum Gasteiger partial charge on any atom is 0.472 e. The van der Waals surface area contributed by atoms with Gasteiger partial charge in [0.25, 0.3) is 0 Å². The van der Waals surface area contributed by atoms with E-state index >= 15 is 0 Å². The van der Waals surface area contributed by atoms with Crippen molar-refractivity contribution in [3.05, 3.63) is 48.6 Å². The Bertz CT molecular complexity index is 1340. The maximum atomic E-state index is 12.9. The monoisotopic (exact) mass is 1010 g/mol. The number of carbonyl (C=O) groups excluding carboxylic acids is 1. The number of carbonyl (C=O) groups is 1. The van der Waals surface area contributed by atoms with Gasteiger partial charge in [-0.25, -0.2) is 4.57 Å². The number of aliphatic hydroxyl groups is 5. The lowest BCUT2D eigenvalue weighted by Crippen LogP contribution is -2.64.